The Morgan fingerprint density at radius 2 is 2.00 bits per heavy atom. The third-order valence-electron chi connectivity index (χ3n) is 3.90. The average Bonchev–Trinajstić information content (AvgIpc) is 2.48. The predicted octanol–water partition coefficient (Wildman–Crippen LogP) is 1.93. The van der Waals surface area contributed by atoms with E-state index in [9.17, 15) is 8.42 Å². The smallest absolute Gasteiger partial charge is 0.240 e. The van der Waals surface area contributed by atoms with Gasteiger partial charge in [-0.2, -0.15) is 0 Å². The summed E-state index contributed by atoms with van der Waals surface area (Å²) in [4.78, 5) is 0.289. The van der Waals surface area contributed by atoms with Gasteiger partial charge in [-0.1, -0.05) is 6.42 Å². The van der Waals surface area contributed by atoms with Crippen molar-refractivity contribution in [1.82, 2.24) is 10.0 Å². The quantitative estimate of drug-likeness (QED) is 0.751. The van der Waals surface area contributed by atoms with E-state index in [0.717, 1.165) is 18.7 Å². The molecule has 3 N–H and O–H groups in total. The molecule has 2 rings (SSSR count). The van der Waals surface area contributed by atoms with Gasteiger partial charge in [0.05, 0.1) is 4.90 Å². The summed E-state index contributed by atoms with van der Waals surface area (Å²) in [7, 11) is -1.94. The van der Waals surface area contributed by atoms with Crippen LogP contribution in [0.5, 0.6) is 0 Å². The van der Waals surface area contributed by atoms with E-state index in [-0.39, 0.29) is 4.90 Å². The van der Waals surface area contributed by atoms with Gasteiger partial charge in [0.1, 0.15) is 0 Å². The largest absolute Gasteiger partial charge is 0.383 e. The minimum Gasteiger partial charge on any atom is -0.383 e. The molecule has 2 atom stereocenters. The van der Waals surface area contributed by atoms with Gasteiger partial charge in [-0.25, -0.2) is 13.1 Å². The molecule has 0 bridgehead atoms. The van der Waals surface area contributed by atoms with Gasteiger partial charge in [-0.15, -0.1) is 0 Å². The Kier molecular flexibility index (Phi) is 5.61. The maximum Gasteiger partial charge on any atom is 0.240 e. The maximum absolute atomic E-state index is 11.7. The second-order valence-corrected chi connectivity index (χ2v) is 7.55. The molecule has 0 amide bonds. The molecule has 1 aromatic carbocycles. The van der Waals surface area contributed by atoms with Gasteiger partial charge in [0.25, 0.3) is 0 Å². The third kappa shape index (κ3) is 4.69. The number of anilines is 1. The maximum atomic E-state index is 11.7. The van der Waals surface area contributed by atoms with Crippen LogP contribution in [0.2, 0.25) is 0 Å². The van der Waals surface area contributed by atoms with Crippen LogP contribution in [0.25, 0.3) is 0 Å². The van der Waals surface area contributed by atoms with Crippen LogP contribution in [0, 0.1) is 0 Å². The lowest BCUT2D eigenvalue weighted by atomic mass is 9.99. The molecule has 2 unspecified atom stereocenters. The van der Waals surface area contributed by atoms with Crippen LogP contribution in [0.3, 0.4) is 0 Å². The summed E-state index contributed by atoms with van der Waals surface area (Å²) >= 11 is 0. The van der Waals surface area contributed by atoms with Crippen molar-refractivity contribution < 1.29 is 8.42 Å². The molecule has 1 aliphatic heterocycles. The molecule has 118 valence electrons. The molecule has 0 spiro atoms. The minimum atomic E-state index is -3.35. The van der Waals surface area contributed by atoms with E-state index >= 15 is 0 Å². The molecule has 1 heterocycles. The molecule has 5 nitrogen and oxygen atoms in total. The van der Waals surface area contributed by atoms with Crippen LogP contribution in [-0.2, 0) is 10.0 Å². The van der Waals surface area contributed by atoms with Crippen molar-refractivity contribution in [2.24, 2.45) is 0 Å². The summed E-state index contributed by atoms with van der Waals surface area (Å²) in [5.41, 5.74) is 0.952. The van der Waals surface area contributed by atoms with E-state index in [2.05, 4.69) is 22.3 Å². The highest BCUT2D eigenvalue weighted by molar-refractivity contribution is 7.89. The molecule has 1 saturated heterocycles. The highest BCUT2D eigenvalue weighted by Crippen LogP contribution is 2.17. The van der Waals surface area contributed by atoms with E-state index in [1.165, 1.54) is 26.3 Å². The van der Waals surface area contributed by atoms with Gasteiger partial charge >= 0.3 is 0 Å². The molecule has 1 fully saturated rings. The van der Waals surface area contributed by atoms with Gasteiger partial charge in [-0.3, -0.25) is 0 Å². The topological polar surface area (TPSA) is 70.2 Å². The second-order valence-electron chi connectivity index (χ2n) is 5.66. The molecule has 6 heteroatoms. The van der Waals surface area contributed by atoms with E-state index in [4.69, 9.17) is 0 Å². The number of piperidine rings is 1. The molecule has 1 aliphatic rings. The zero-order chi connectivity index (χ0) is 15.3. The molecule has 1 aromatic rings. The van der Waals surface area contributed by atoms with Gasteiger partial charge in [0.15, 0.2) is 0 Å². The van der Waals surface area contributed by atoms with E-state index in [1.54, 1.807) is 12.1 Å². The SMILES string of the molecule is CNS(=O)(=O)c1ccc(NC(C)CC2CCCCN2)cc1. The lowest BCUT2D eigenvalue weighted by Gasteiger charge is -2.27. The number of benzene rings is 1. The molecule has 0 radical (unpaired) electrons. The Bertz CT molecular complexity index is 537. The zero-order valence-corrected chi connectivity index (χ0v) is 13.5. The van der Waals surface area contributed by atoms with Crippen LogP contribution >= 0.6 is 0 Å². The monoisotopic (exact) mass is 311 g/mol. The van der Waals surface area contributed by atoms with Crippen molar-refractivity contribution in [2.75, 3.05) is 18.9 Å². The van der Waals surface area contributed by atoms with Crippen molar-refractivity contribution in [3.05, 3.63) is 24.3 Å². The van der Waals surface area contributed by atoms with E-state index in [1.807, 2.05) is 12.1 Å². The number of hydrogen-bond donors (Lipinski definition) is 3. The molecule has 0 aromatic heterocycles. The van der Waals surface area contributed by atoms with E-state index in [0.29, 0.717) is 12.1 Å². The fourth-order valence-electron chi connectivity index (χ4n) is 2.74. The summed E-state index contributed by atoms with van der Waals surface area (Å²) in [6.07, 6.45) is 4.91. The standard InChI is InChI=1S/C15H25N3O2S/c1-12(11-14-5-3-4-10-17-14)18-13-6-8-15(9-7-13)21(19,20)16-2/h6-9,12,14,16-18H,3-5,10-11H2,1-2H3. The normalized spacial score (nSPS) is 21.0. The summed E-state index contributed by atoms with van der Waals surface area (Å²) < 4.78 is 25.6. The van der Waals surface area contributed by atoms with Crippen LogP contribution < -0.4 is 15.4 Å². The summed E-state index contributed by atoms with van der Waals surface area (Å²) in [5.74, 6) is 0. The van der Waals surface area contributed by atoms with E-state index < -0.39 is 10.0 Å². The molecule has 0 aliphatic carbocycles. The highest BCUT2D eigenvalue weighted by atomic mass is 32.2. The average molecular weight is 311 g/mol. The van der Waals surface area contributed by atoms with Gasteiger partial charge < -0.3 is 10.6 Å². The Labute approximate surface area is 127 Å². The molecular formula is C15H25N3O2S. The number of hydrogen-bond acceptors (Lipinski definition) is 4. The van der Waals surface area contributed by atoms with Gasteiger partial charge in [0, 0.05) is 17.8 Å². The summed E-state index contributed by atoms with van der Waals surface area (Å²) in [6.45, 7) is 3.28. The van der Waals surface area contributed by atoms with Gasteiger partial charge in [-0.05, 0) is 64.0 Å². The van der Waals surface area contributed by atoms with Crippen molar-refractivity contribution >= 4 is 15.7 Å². The first-order chi connectivity index (χ1) is 10.0. The highest BCUT2D eigenvalue weighted by Gasteiger charge is 2.16. The number of rotatable bonds is 6. The van der Waals surface area contributed by atoms with Crippen molar-refractivity contribution in [2.45, 2.75) is 49.6 Å². The summed E-state index contributed by atoms with van der Waals surface area (Å²) in [5, 5.41) is 6.98. The predicted molar refractivity (Wildman–Crippen MR) is 86.0 cm³/mol. The van der Waals surface area contributed by atoms with Crippen LogP contribution in [0.15, 0.2) is 29.2 Å². The lowest BCUT2D eigenvalue weighted by Crippen LogP contribution is -2.37. The van der Waals surface area contributed by atoms with Crippen molar-refractivity contribution in [1.29, 1.82) is 0 Å². The zero-order valence-electron chi connectivity index (χ0n) is 12.7. The number of nitrogens with one attached hydrogen (secondary N) is 3. The van der Waals surface area contributed by atoms with Crippen molar-refractivity contribution in [3.63, 3.8) is 0 Å². The Hall–Kier alpha value is -1.11. The molecule has 21 heavy (non-hydrogen) atoms. The third-order valence-corrected chi connectivity index (χ3v) is 5.33. The van der Waals surface area contributed by atoms with Crippen LogP contribution in [-0.4, -0.2) is 34.1 Å². The first-order valence-electron chi connectivity index (χ1n) is 7.55. The Morgan fingerprint density at radius 3 is 2.57 bits per heavy atom. The fourth-order valence-corrected chi connectivity index (χ4v) is 3.47. The minimum absolute atomic E-state index is 0.289. The second kappa shape index (κ2) is 7.24. The first-order valence-corrected chi connectivity index (χ1v) is 9.03. The van der Waals surface area contributed by atoms with Crippen molar-refractivity contribution in [3.8, 4) is 0 Å². The Morgan fingerprint density at radius 1 is 1.29 bits per heavy atom. The summed E-state index contributed by atoms with van der Waals surface area (Å²) in [6, 6.07) is 7.82. The fraction of sp³-hybridized carbons (Fsp3) is 0.600. The number of sulfonamides is 1. The first kappa shape index (κ1) is 16.3. The lowest BCUT2D eigenvalue weighted by molar-refractivity contribution is 0.371. The van der Waals surface area contributed by atoms with Crippen LogP contribution in [0.4, 0.5) is 5.69 Å². The molecule has 0 saturated carbocycles. The Balaban J connectivity index is 1.90. The van der Waals surface area contributed by atoms with Crippen LogP contribution in [0.1, 0.15) is 32.6 Å². The molecular weight excluding hydrogens is 286 g/mol. The van der Waals surface area contributed by atoms with Gasteiger partial charge in [0.2, 0.25) is 10.0 Å².